The maximum absolute atomic E-state index is 12.4. The molecule has 152 valence electrons. The third-order valence-corrected chi connectivity index (χ3v) is 6.59. The van der Waals surface area contributed by atoms with Crippen LogP contribution in [0.2, 0.25) is 0 Å². The molecule has 5 heterocycles. The highest BCUT2D eigenvalue weighted by atomic mass is 16.2. The van der Waals surface area contributed by atoms with Gasteiger partial charge < -0.3 is 15.1 Å². The van der Waals surface area contributed by atoms with Crippen LogP contribution in [0.25, 0.3) is 0 Å². The number of hydrogen-bond acceptors (Lipinski definition) is 5. The van der Waals surface area contributed by atoms with Crippen LogP contribution in [0.15, 0.2) is 4.99 Å². The topological polar surface area (TPSA) is 57.7 Å². The van der Waals surface area contributed by atoms with Crippen LogP contribution in [0.4, 0.5) is 0 Å². The van der Waals surface area contributed by atoms with Gasteiger partial charge in [0.15, 0.2) is 5.96 Å². The van der Waals surface area contributed by atoms with Gasteiger partial charge in [0, 0.05) is 91.6 Å². The van der Waals surface area contributed by atoms with Crippen LogP contribution in [0.5, 0.6) is 0 Å². The molecule has 1 atom stereocenters. The van der Waals surface area contributed by atoms with Crippen molar-refractivity contribution in [1.29, 1.82) is 0 Å². The first-order chi connectivity index (χ1) is 13.2. The number of nitrogens with one attached hydrogen (secondary N) is 1. The van der Waals surface area contributed by atoms with E-state index in [2.05, 4.69) is 29.9 Å². The zero-order chi connectivity index (χ0) is 18.6. The largest absolute Gasteiger partial charge is 0.355 e. The number of guanidine groups is 1. The molecule has 5 saturated heterocycles. The lowest BCUT2D eigenvalue weighted by molar-refractivity contribution is -0.131. The third-order valence-electron chi connectivity index (χ3n) is 6.59. The number of carbonyl (C=O) groups is 1. The van der Waals surface area contributed by atoms with E-state index in [4.69, 9.17) is 0 Å². The fourth-order valence-electron chi connectivity index (χ4n) is 4.84. The highest BCUT2D eigenvalue weighted by molar-refractivity contribution is 5.80. The van der Waals surface area contributed by atoms with E-state index in [1.807, 2.05) is 11.9 Å². The van der Waals surface area contributed by atoms with Gasteiger partial charge in [-0.1, -0.05) is 0 Å². The van der Waals surface area contributed by atoms with Crippen LogP contribution in [0.1, 0.15) is 12.8 Å². The molecule has 5 fully saturated rings. The van der Waals surface area contributed by atoms with E-state index in [1.165, 1.54) is 32.7 Å². The normalized spacial score (nSPS) is 32.2. The van der Waals surface area contributed by atoms with Crippen molar-refractivity contribution in [1.82, 2.24) is 29.8 Å². The van der Waals surface area contributed by atoms with Crippen molar-refractivity contribution < 1.29 is 4.79 Å². The molecule has 5 rings (SSSR count). The van der Waals surface area contributed by atoms with Crippen molar-refractivity contribution in [2.45, 2.75) is 18.9 Å². The minimum atomic E-state index is 0.305. The van der Waals surface area contributed by atoms with Gasteiger partial charge in [0.2, 0.25) is 5.91 Å². The van der Waals surface area contributed by atoms with Crippen molar-refractivity contribution in [3.05, 3.63) is 0 Å². The predicted octanol–water partition coefficient (Wildman–Crippen LogP) is -1.20. The first kappa shape index (κ1) is 19.0. The summed E-state index contributed by atoms with van der Waals surface area (Å²) in [5.41, 5.74) is 0. The second kappa shape index (κ2) is 8.75. The number of amides is 1. The molecule has 8 nitrogen and oxygen atoms in total. The summed E-state index contributed by atoms with van der Waals surface area (Å²) in [5, 5.41) is 3.61. The number of likely N-dealkylation sites (tertiary alicyclic amines) is 1. The maximum atomic E-state index is 12.4. The molecule has 1 unspecified atom stereocenters. The number of nitrogens with zero attached hydrogens (tertiary/aromatic N) is 6. The Bertz CT molecular complexity index is 532. The molecule has 0 aromatic heterocycles. The van der Waals surface area contributed by atoms with Gasteiger partial charge in [-0.05, 0) is 12.8 Å². The Kier molecular flexibility index (Phi) is 6.14. The first-order valence-electron chi connectivity index (χ1n) is 10.6. The summed E-state index contributed by atoms with van der Waals surface area (Å²) >= 11 is 0. The van der Waals surface area contributed by atoms with E-state index in [0.29, 0.717) is 18.5 Å². The molecule has 0 spiro atoms. The van der Waals surface area contributed by atoms with Crippen LogP contribution >= 0.6 is 0 Å². The molecule has 0 radical (unpaired) electrons. The van der Waals surface area contributed by atoms with Gasteiger partial charge in [-0.3, -0.25) is 24.5 Å². The fraction of sp³-hybridized carbons (Fsp3) is 0.895. The summed E-state index contributed by atoms with van der Waals surface area (Å²) in [5.74, 6) is 1.32. The summed E-state index contributed by atoms with van der Waals surface area (Å²) in [6, 6.07) is 0.601. The Morgan fingerprint density at radius 2 is 1.63 bits per heavy atom. The number of carbonyl (C=O) groups excluding carboxylic acids is 1. The second-order valence-corrected chi connectivity index (χ2v) is 8.27. The van der Waals surface area contributed by atoms with Gasteiger partial charge in [-0.2, -0.15) is 0 Å². The molecule has 5 aliphatic rings. The average Bonchev–Trinajstić information content (AvgIpc) is 3.26. The molecule has 1 amide bonds. The zero-order valence-electron chi connectivity index (χ0n) is 16.8. The fourth-order valence-corrected chi connectivity index (χ4v) is 4.84. The summed E-state index contributed by atoms with van der Waals surface area (Å²) in [6.45, 7) is 13.2. The van der Waals surface area contributed by atoms with Gasteiger partial charge in [0.05, 0.1) is 6.54 Å². The Morgan fingerprint density at radius 3 is 2.22 bits per heavy atom. The van der Waals surface area contributed by atoms with Crippen molar-refractivity contribution in [3.63, 3.8) is 0 Å². The molecule has 1 N–H and O–H groups in total. The minimum Gasteiger partial charge on any atom is -0.355 e. The van der Waals surface area contributed by atoms with Gasteiger partial charge in [0.25, 0.3) is 0 Å². The summed E-state index contributed by atoms with van der Waals surface area (Å²) in [6.07, 6.45) is 2.33. The number of fused-ring (bicyclic) bond motifs is 3. The summed E-state index contributed by atoms with van der Waals surface area (Å²) in [7, 11) is 1.88. The summed E-state index contributed by atoms with van der Waals surface area (Å²) in [4.78, 5) is 28.7. The third kappa shape index (κ3) is 4.55. The quantitative estimate of drug-likeness (QED) is 0.491. The van der Waals surface area contributed by atoms with Crippen molar-refractivity contribution in [2.24, 2.45) is 4.99 Å². The molecular formula is C19H35N7O. The molecule has 5 aliphatic heterocycles. The smallest absolute Gasteiger partial charge is 0.236 e. The molecule has 2 bridgehead atoms. The van der Waals surface area contributed by atoms with Gasteiger partial charge in [-0.15, -0.1) is 0 Å². The lowest BCUT2D eigenvalue weighted by Gasteiger charge is -2.47. The van der Waals surface area contributed by atoms with E-state index in [0.717, 1.165) is 64.6 Å². The number of rotatable bonds is 4. The first-order valence-corrected chi connectivity index (χ1v) is 10.6. The minimum absolute atomic E-state index is 0.305. The zero-order valence-corrected chi connectivity index (χ0v) is 16.8. The monoisotopic (exact) mass is 377 g/mol. The average molecular weight is 378 g/mol. The highest BCUT2D eigenvalue weighted by Crippen LogP contribution is 2.15. The number of hydrogen-bond donors (Lipinski definition) is 1. The Labute approximate surface area is 163 Å². The predicted molar refractivity (Wildman–Crippen MR) is 107 cm³/mol. The highest BCUT2D eigenvalue weighted by Gasteiger charge is 2.32. The molecule has 0 aromatic rings. The van der Waals surface area contributed by atoms with Crippen molar-refractivity contribution >= 4 is 11.9 Å². The standard InChI is InChI=1S/C19H35N7O/c1-20-19(21-14-17-15-22-6-10-24(17)11-7-22)26-12-8-23(9-13-26)16-18(27)25-4-2-3-5-25/h17H,2-16H2,1H3,(H,20,21). The Balaban J connectivity index is 1.20. The molecule has 0 saturated carbocycles. The second-order valence-electron chi connectivity index (χ2n) is 8.27. The molecule has 8 heteroatoms. The van der Waals surface area contributed by atoms with Crippen LogP contribution in [-0.4, -0.2) is 135 Å². The number of piperazine rings is 4. The van der Waals surface area contributed by atoms with E-state index in [9.17, 15) is 4.79 Å². The Morgan fingerprint density at radius 1 is 0.926 bits per heavy atom. The van der Waals surface area contributed by atoms with Crippen LogP contribution in [-0.2, 0) is 4.79 Å². The van der Waals surface area contributed by atoms with Gasteiger partial charge in [0.1, 0.15) is 0 Å². The lowest BCUT2D eigenvalue weighted by Crippen LogP contribution is -2.64. The van der Waals surface area contributed by atoms with E-state index in [-0.39, 0.29) is 0 Å². The van der Waals surface area contributed by atoms with E-state index in [1.54, 1.807) is 0 Å². The van der Waals surface area contributed by atoms with Crippen LogP contribution in [0, 0.1) is 0 Å². The Hall–Kier alpha value is -1.38. The lowest BCUT2D eigenvalue weighted by atomic mass is 10.1. The van der Waals surface area contributed by atoms with Crippen LogP contribution < -0.4 is 5.32 Å². The van der Waals surface area contributed by atoms with Crippen molar-refractivity contribution in [3.8, 4) is 0 Å². The van der Waals surface area contributed by atoms with Gasteiger partial charge >= 0.3 is 0 Å². The molecular weight excluding hydrogens is 342 g/mol. The van der Waals surface area contributed by atoms with Gasteiger partial charge in [-0.25, -0.2) is 0 Å². The molecule has 27 heavy (non-hydrogen) atoms. The molecule has 0 aromatic carbocycles. The van der Waals surface area contributed by atoms with E-state index >= 15 is 0 Å². The SMILES string of the molecule is CN=C(NCC1CN2CCN1CC2)N1CCN(CC(=O)N2CCCC2)CC1. The summed E-state index contributed by atoms with van der Waals surface area (Å²) < 4.78 is 0. The van der Waals surface area contributed by atoms with E-state index < -0.39 is 0 Å². The number of aliphatic imine (C=N–C) groups is 1. The molecule has 0 aliphatic carbocycles. The maximum Gasteiger partial charge on any atom is 0.236 e. The van der Waals surface area contributed by atoms with Crippen molar-refractivity contribution in [2.75, 3.05) is 92.1 Å². The van der Waals surface area contributed by atoms with Crippen LogP contribution in [0.3, 0.4) is 0 Å².